The summed E-state index contributed by atoms with van der Waals surface area (Å²) in [6.07, 6.45) is 21.5. The standard InChI is InChI=1S/C28H37NSi/c1-2-3-13-22-28(23-14-15-24-28)30(26-18-9-5-10-19-26,27-20-11-6-12-21-27)29-25-16-7-4-8-17-25/h5-6,9-12,14-15,18-21,23-25,29H,2-4,7-8,13,16-17,22H2,1H3. The maximum absolute atomic E-state index is 4.45. The first-order valence-electron chi connectivity index (χ1n) is 12.1. The molecule has 0 radical (unpaired) electrons. The van der Waals surface area contributed by atoms with Gasteiger partial charge in [-0.25, -0.2) is 0 Å². The monoisotopic (exact) mass is 415 g/mol. The van der Waals surface area contributed by atoms with Crippen LogP contribution < -0.4 is 15.4 Å². The number of unbranched alkanes of at least 4 members (excludes halogenated alkanes) is 2. The van der Waals surface area contributed by atoms with Crippen molar-refractivity contribution in [2.75, 3.05) is 0 Å². The van der Waals surface area contributed by atoms with Gasteiger partial charge in [-0.1, -0.05) is 130 Å². The van der Waals surface area contributed by atoms with E-state index >= 15 is 0 Å². The van der Waals surface area contributed by atoms with Gasteiger partial charge in [-0.15, -0.1) is 0 Å². The molecule has 2 aromatic carbocycles. The lowest BCUT2D eigenvalue weighted by atomic mass is 9.96. The lowest BCUT2D eigenvalue weighted by Crippen LogP contribution is -2.76. The van der Waals surface area contributed by atoms with Gasteiger partial charge in [-0.3, -0.25) is 0 Å². The Bertz CT molecular complexity index is 782. The van der Waals surface area contributed by atoms with Crippen LogP contribution in [0.1, 0.15) is 64.7 Å². The number of rotatable bonds is 9. The quantitative estimate of drug-likeness (QED) is 0.384. The highest BCUT2D eigenvalue weighted by Gasteiger charge is 2.54. The third kappa shape index (κ3) is 4.13. The van der Waals surface area contributed by atoms with E-state index in [2.05, 4.69) is 96.9 Å². The average Bonchev–Trinajstić information content (AvgIpc) is 3.30. The molecule has 0 saturated heterocycles. The van der Waals surface area contributed by atoms with E-state index < -0.39 is 8.24 Å². The first kappa shape index (κ1) is 21.3. The number of allylic oxidation sites excluding steroid dienone is 4. The van der Waals surface area contributed by atoms with Gasteiger partial charge in [-0.05, 0) is 29.6 Å². The second-order valence-corrected chi connectivity index (χ2v) is 13.1. The van der Waals surface area contributed by atoms with Gasteiger partial charge in [0.2, 0.25) is 8.24 Å². The second kappa shape index (κ2) is 9.94. The van der Waals surface area contributed by atoms with E-state index in [0.29, 0.717) is 6.04 Å². The van der Waals surface area contributed by atoms with E-state index in [4.69, 9.17) is 0 Å². The second-order valence-electron chi connectivity index (χ2n) is 9.18. The van der Waals surface area contributed by atoms with Crippen molar-refractivity contribution in [1.82, 2.24) is 4.98 Å². The molecule has 0 aromatic heterocycles. The Kier molecular flexibility index (Phi) is 7.07. The van der Waals surface area contributed by atoms with E-state index in [0.717, 1.165) is 0 Å². The minimum atomic E-state index is -2.33. The summed E-state index contributed by atoms with van der Waals surface area (Å²) < 4.78 is 0. The number of benzene rings is 2. The molecule has 1 saturated carbocycles. The molecule has 0 bridgehead atoms. The van der Waals surface area contributed by atoms with Crippen LogP contribution in [-0.4, -0.2) is 14.3 Å². The number of nitrogens with one attached hydrogen (secondary N) is 1. The smallest absolute Gasteiger partial charge is 0.204 e. The molecule has 4 rings (SSSR count). The Morgan fingerprint density at radius 1 is 0.800 bits per heavy atom. The maximum atomic E-state index is 4.45. The molecule has 2 aliphatic carbocycles. The first-order chi connectivity index (χ1) is 14.8. The lowest BCUT2D eigenvalue weighted by molar-refractivity contribution is 0.411. The van der Waals surface area contributed by atoms with E-state index in [-0.39, 0.29) is 5.04 Å². The van der Waals surface area contributed by atoms with E-state index in [1.54, 1.807) is 0 Å². The summed E-state index contributed by atoms with van der Waals surface area (Å²) in [5.74, 6) is 0. The summed E-state index contributed by atoms with van der Waals surface area (Å²) in [7, 11) is -2.33. The molecule has 2 aromatic rings. The molecule has 2 heteroatoms. The molecular weight excluding hydrogens is 378 g/mol. The van der Waals surface area contributed by atoms with Crippen molar-refractivity contribution in [3.63, 3.8) is 0 Å². The van der Waals surface area contributed by atoms with Crippen molar-refractivity contribution in [2.24, 2.45) is 0 Å². The fourth-order valence-electron chi connectivity index (χ4n) is 5.72. The van der Waals surface area contributed by atoms with Crippen molar-refractivity contribution in [1.29, 1.82) is 0 Å². The average molecular weight is 416 g/mol. The Balaban J connectivity index is 1.89. The summed E-state index contributed by atoms with van der Waals surface area (Å²) in [5.41, 5.74) is 0. The Morgan fingerprint density at radius 3 is 1.90 bits per heavy atom. The van der Waals surface area contributed by atoms with Crippen molar-refractivity contribution in [2.45, 2.75) is 75.8 Å². The summed E-state index contributed by atoms with van der Waals surface area (Å²) in [4.78, 5) is 4.45. The predicted octanol–water partition coefficient (Wildman–Crippen LogP) is 6.12. The van der Waals surface area contributed by atoms with Crippen molar-refractivity contribution in [3.05, 3.63) is 85.0 Å². The summed E-state index contributed by atoms with van der Waals surface area (Å²) >= 11 is 0. The van der Waals surface area contributed by atoms with E-state index in [1.165, 1.54) is 68.2 Å². The third-order valence-electron chi connectivity index (χ3n) is 7.23. The molecule has 30 heavy (non-hydrogen) atoms. The molecule has 0 amide bonds. The summed E-state index contributed by atoms with van der Waals surface area (Å²) in [6.45, 7) is 2.31. The van der Waals surface area contributed by atoms with Crippen LogP contribution in [0.4, 0.5) is 0 Å². The lowest BCUT2D eigenvalue weighted by Gasteiger charge is -2.49. The Labute approximate surface area is 184 Å². The van der Waals surface area contributed by atoms with Gasteiger partial charge in [0.1, 0.15) is 0 Å². The van der Waals surface area contributed by atoms with Crippen LogP contribution in [0.15, 0.2) is 85.0 Å². The zero-order chi connectivity index (χ0) is 20.7. The van der Waals surface area contributed by atoms with Crippen LogP contribution in [0.3, 0.4) is 0 Å². The van der Waals surface area contributed by atoms with Gasteiger partial charge in [-0.2, -0.15) is 0 Å². The zero-order valence-electron chi connectivity index (χ0n) is 18.5. The van der Waals surface area contributed by atoms with Gasteiger partial charge in [0.05, 0.1) is 0 Å². The molecular formula is C28H37NSi. The van der Waals surface area contributed by atoms with Crippen molar-refractivity contribution in [3.8, 4) is 0 Å². The number of hydrogen-bond donors (Lipinski definition) is 1. The van der Waals surface area contributed by atoms with Crippen molar-refractivity contribution < 1.29 is 0 Å². The molecule has 1 nitrogen and oxygen atoms in total. The summed E-state index contributed by atoms with van der Waals surface area (Å²) in [5, 5.41) is 3.13. The largest absolute Gasteiger partial charge is 0.327 e. The molecule has 0 heterocycles. The van der Waals surface area contributed by atoms with Crippen LogP contribution in [0.25, 0.3) is 0 Å². The third-order valence-corrected chi connectivity index (χ3v) is 12.4. The minimum Gasteiger partial charge on any atom is -0.327 e. The molecule has 2 aliphatic rings. The topological polar surface area (TPSA) is 12.0 Å². The molecule has 0 spiro atoms. The normalized spacial score (nSPS) is 18.7. The zero-order valence-corrected chi connectivity index (χ0v) is 19.5. The van der Waals surface area contributed by atoms with Crippen LogP contribution in [0.2, 0.25) is 5.04 Å². The molecule has 0 aliphatic heterocycles. The SMILES string of the molecule is CCCCCC1([Si](NC2CCCCC2)(c2ccccc2)c2ccccc2)C=CC=C1. The van der Waals surface area contributed by atoms with Crippen LogP contribution in [0.5, 0.6) is 0 Å². The van der Waals surface area contributed by atoms with Gasteiger partial charge in [0.25, 0.3) is 0 Å². The highest BCUT2D eigenvalue weighted by molar-refractivity contribution is 7.03. The minimum absolute atomic E-state index is 0.0856. The first-order valence-corrected chi connectivity index (χ1v) is 14.1. The molecule has 158 valence electrons. The van der Waals surface area contributed by atoms with Crippen LogP contribution in [-0.2, 0) is 0 Å². The Hall–Kier alpha value is -1.90. The number of hydrogen-bond acceptors (Lipinski definition) is 1. The van der Waals surface area contributed by atoms with E-state index in [1.807, 2.05) is 0 Å². The molecule has 1 fully saturated rings. The fourth-order valence-corrected chi connectivity index (χ4v) is 11.3. The highest BCUT2D eigenvalue weighted by Crippen LogP contribution is 2.47. The molecule has 0 unspecified atom stereocenters. The maximum Gasteiger partial charge on any atom is 0.204 e. The van der Waals surface area contributed by atoms with Crippen LogP contribution in [0, 0.1) is 0 Å². The van der Waals surface area contributed by atoms with Crippen molar-refractivity contribution >= 4 is 18.6 Å². The van der Waals surface area contributed by atoms with Crippen LogP contribution >= 0.6 is 0 Å². The molecule has 1 N–H and O–H groups in total. The van der Waals surface area contributed by atoms with Gasteiger partial charge < -0.3 is 4.98 Å². The Morgan fingerprint density at radius 2 is 1.37 bits per heavy atom. The van der Waals surface area contributed by atoms with Gasteiger partial charge >= 0.3 is 0 Å². The van der Waals surface area contributed by atoms with E-state index in [9.17, 15) is 0 Å². The predicted molar refractivity (Wildman–Crippen MR) is 133 cm³/mol. The highest BCUT2D eigenvalue weighted by atomic mass is 28.3. The van der Waals surface area contributed by atoms with Gasteiger partial charge in [0, 0.05) is 11.1 Å². The molecule has 0 atom stereocenters. The summed E-state index contributed by atoms with van der Waals surface area (Å²) in [6, 6.07) is 23.5. The fraction of sp³-hybridized carbons (Fsp3) is 0.429. The van der Waals surface area contributed by atoms with Gasteiger partial charge in [0.15, 0.2) is 0 Å².